The first-order chi connectivity index (χ1) is 17.4. The highest BCUT2D eigenvalue weighted by Crippen LogP contribution is 2.27. The van der Waals surface area contributed by atoms with E-state index < -0.39 is 11.5 Å². The summed E-state index contributed by atoms with van der Waals surface area (Å²) in [6.07, 6.45) is 0.899. The number of methoxy groups -OCH3 is 2. The predicted molar refractivity (Wildman–Crippen MR) is 137 cm³/mol. The minimum absolute atomic E-state index is 0.00294. The number of benzene rings is 3. The molecule has 0 radical (unpaired) electrons. The zero-order valence-corrected chi connectivity index (χ0v) is 20.2. The van der Waals surface area contributed by atoms with Crippen LogP contribution in [0, 0.1) is 0 Å². The Hall–Kier alpha value is -4.66. The molecule has 0 atom stereocenters. The summed E-state index contributed by atoms with van der Waals surface area (Å²) in [5.41, 5.74) is 1.72. The highest BCUT2D eigenvalue weighted by atomic mass is 16.5. The Bertz CT molecular complexity index is 1480. The normalized spacial score (nSPS) is 10.6. The van der Waals surface area contributed by atoms with Gasteiger partial charge in [0.05, 0.1) is 26.2 Å². The lowest BCUT2D eigenvalue weighted by Gasteiger charge is -2.14. The second-order valence-electron chi connectivity index (χ2n) is 7.93. The Morgan fingerprint density at radius 3 is 2.33 bits per heavy atom. The Morgan fingerprint density at radius 2 is 1.67 bits per heavy atom. The first kappa shape index (κ1) is 24.5. The van der Waals surface area contributed by atoms with E-state index in [4.69, 9.17) is 9.47 Å². The Morgan fingerprint density at radius 1 is 0.944 bits per heavy atom. The number of aryl methyl sites for hydroxylation is 1. The smallest absolute Gasteiger partial charge is 0.279 e. The lowest BCUT2D eigenvalue weighted by Crippen LogP contribution is -2.35. The number of hydrogen-bond acceptors (Lipinski definition) is 6. The van der Waals surface area contributed by atoms with Gasteiger partial charge in [-0.25, -0.2) is 0 Å². The average Bonchev–Trinajstić information content (AvgIpc) is 2.92. The van der Waals surface area contributed by atoms with Crippen LogP contribution in [0.5, 0.6) is 11.5 Å². The van der Waals surface area contributed by atoms with Crippen molar-refractivity contribution in [3.8, 4) is 17.2 Å². The molecule has 0 fully saturated rings. The summed E-state index contributed by atoms with van der Waals surface area (Å²) in [4.78, 5) is 38.8. The Balaban J connectivity index is 1.63. The van der Waals surface area contributed by atoms with Crippen LogP contribution in [-0.2, 0) is 11.2 Å². The summed E-state index contributed by atoms with van der Waals surface area (Å²) in [6, 6.07) is 19.1. The molecule has 2 N–H and O–H groups in total. The summed E-state index contributed by atoms with van der Waals surface area (Å²) in [7, 11) is 2.99. The van der Waals surface area contributed by atoms with Gasteiger partial charge < -0.3 is 20.1 Å². The molecule has 9 nitrogen and oxygen atoms in total. The van der Waals surface area contributed by atoms with Crippen LogP contribution in [0.15, 0.2) is 71.5 Å². The monoisotopic (exact) mass is 486 g/mol. The molecule has 2 amide bonds. The van der Waals surface area contributed by atoms with Gasteiger partial charge in [-0.2, -0.15) is 9.78 Å². The SMILES string of the molecule is CCc1ccc(NC(=O)CNC(=O)c2nn(-c3ccc(OC)cc3OC)c(=O)c3ccccc23)cc1. The summed E-state index contributed by atoms with van der Waals surface area (Å²) in [5, 5.41) is 10.4. The standard InChI is InChI=1S/C27H26N4O5/c1-4-17-9-11-18(12-10-17)29-24(32)16-28-26(33)25-20-7-5-6-8-21(20)27(34)31(30-25)22-14-13-19(35-2)15-23(22)36-3/h5-15H,4,16H2,1-3H3,(H,28,33)(H,29,32). The predicted octanol–water partition coefficient (Wildman–Crippen LogP) is 3.33. The van der Waals surface area contributed by atoms with Crippen molar-refractivity contribution in [2.45, 2.75) is 13.3 Å². The molecule has 3 aromatic carbocycles. The number of rotatable bonds is 8. The molecular weight excluding hydrogens is 460 g/mol. The van der Waals surface area contributed by atoms with Crippen molar-refractivity contribution in [3.05, 3.63) is 88.3 Å². The third-order valence-electron chi connectivity index (χ3n) is 5.69. The summed E-state index contributed by atoms with van der Waals surface area (Å²) in [5.74, 6) is -0.0947. The van der Waals surface area contributed by atoms with Crippen molar-refractivity contribution in [2.75, 3.05) is 26.1 Å². The Kier molecular flexibility index (Phi) is 7.29. The average molecular weight is 487 g/mol. The van der Waals surface area contributed by atoms with Crippen LogP contribution in [0.2, 0.25) is 0 Å². The third-order valence-corrected chi connectivity index (χ3v) is 5.69. The first-order valence-corrected chi connectivity index (χ1v) is 11.4. The van der Waals surface area contributed by atoms with Crippen LogP contribution in [0.25, 0.3) is 16.5 Å². The molecule has 0 bridgehead atoms. The molecule has 4 rings (SSSR count). The van der Waals surface area contributed by atoms with Crippen molar-refractivity contribution in [2.24, 2.45) is 0 Å². The van der Waals surface area contributed by atoms with Gasteiger partial charge in [0, 0.05) is 17.1 Å². The van der Waals surface area contributed by atoms with Crippen LogP contribution in [-0.4, -0.2) is 42.4 Å². The van der Waals surface area contributed by atoms with Crippen LogP contribution >= 0.6 is 0 Å². The molecule has 1 aromatic heterocycles. The maximum absolute atomic E-state index is 13.3. The quantitative estimate of drug-likeness (QED) is 0.395. The maximum atomic E-state index is 13.3. The van der Waals surface area contributed by atoms with Crippen LogP contribution in [0.4, 0.5) is 5.69 Å². The summed E-state index contributed by atoms with van der Waals surface area (Å²) < 4.78 is 11.8. The number of ether oxygens (including phenoxy) is 2. The van der Waals surface area contributed by atoms with E-state index in [0.717, 1.165) is 16.7 Å². The molecule has 0 aliphatic carbocycles. The molecule has 0 saturated heterocycles. The molecule has 1 heterocycles. The van der Waals surface area contributed by atoms with Gasteiger partial charge in [-0.1, -0.05) is 37.3 Å². The van der Waals surface area contributed by atoms with E-state index in [1.807, 2.05) is 24.3 Å². The van der Waals surface area contributed by atoms with Crippen molar-refractivity contribution in [3.63, 3.8) is 0 Å². The number of carbonyl (C=O) groups is 2. The fraction of sp³-hybridized carbons (Fsp3) is 0.185. The lowest BCUT2D eigenvalue weighted by atomic mass is 10.1. The Labute approximate surface area is 207 Å². The van der Waals surface area contributed by atoms with E-state index in [1.54, 1.807) is 42.5 Å². The van der Waals surface area contributed by atoms with Crippen molar-refractivity contribution >= 4 is 28.3 Å². The minimum atomic E-state index is -0.594. The molecule has 0 saturated carbocycles. The van der Waals surface area contributed by atoms with Gasteiger partial charge in [-0.05, 0) is 42.3 Å². The van der Waals surface area contributed by atoms with E-state index in [9.17, 15) is 14.4 Å². The largest absolute Gasteiger partial charge is 0.497 e. The second-order valence-corrected chi connectivity index (χ2v) is 7.93. The number of hydrogen-bond donors (Lipinski definition) is 2. The van der Waals surface area contributed by atoms with Crippen molar-refractivity contribution < 1.29 is 19.1 Å². The van der Waals surface area contributed by atoms with Gasteiger partial charge in [0.25, 0.3) is 11.5 Å². The molecule has 184 valence electrons. The molecule has 4 aromatic rings. The van der Waals surface area contributed by atoms with Gasteiger partial charge in [0.15, 0.2) is 5.69 Å². The van der Waals surface area contributed by atoms with Gasteiger partial charge >= 0.3 is 0 Å². The van der Waals surface area contributed by atoms with Gasteiger partial charge in [0.1, 0.15) is 17.2 Å². The summed E-state index contributed by atoms with van der Waals surface area (Å²) >= 11 is 0. The molecule has 0 spiro atoms. The highest BCUT2D eigenvalue weighted by Gasteiger charge is 2.20. The number of amides is 2. The fourth-order valence-electron chi connectivity index (χ4n) is 3.75. The molecular formula is C27H26N4O5. The molecule has 0 unspecified atom stereocenters. The number of nitrogens with zero attached hydrogens (tertiary/aromatic N) is 2. The summed E-state index contributed by atoms with van der Waals surface area (Å²) in [6.45, 7) is 1.78. The minimum Gasteiger partial charge on any atom is -0.497 e. The second kappa shape index (κ2) is 10.7. The van der Waals surface area contributed by atoms with E-state index in [0.29, 0.717) is 33.6 Å². The zero-order valence-electron chi connectivity index (χ0n) is 20.2. The highest BCUT2D eigenvalue weighted by molar-refractivity contribution is 6.06. The van der Waals surface area contributed by atoms with Crippen LogP contribution in [0.3, 0.4) is 0 Å². The maximum Gasteiger partial charge on any atom is 0.279 e. The van der Waals surface area contributed by atoms with Gasteiger partial charge in [0.2, 0.25) is 5.91 Å². The number of anilines is 1. The first-order valence-electron chi connectivity index (χ1n) is 11.4. The van der Waals surface area contributed by atoms with Crippen LogP contribution in [0.1, 0.15) is 23.0 Å². The number of nitrogens with one attached hydrogen (secondary N) is 2. The topological polar surface area (TPSA) is 112 Å². The van der Waals surface area contributed by atoms with E-state index >= 15 is 0 Å². The third kappa shape index (κ3) is 5.05. The van der Waals surface area contributed by atoms with Gasteiger partial charge in [-0.15, -0.1) is 0 Å². The molecule has 9 heteroatoms. The van der Waals surface area contributed by atoms with E-state index in [-0.39, 0.29) is 18.1 Å². The van der Waals surface area contributed by atoms with Crippen molar-refractivity contribution in [1.29, 1.82) is 0 Å². The van der Waals surface area contributed by atoms with Crippen LogP contribution < -0.4 is 25.7 Å². The van der Waals surface area contributed by atoms with E-state index in [1.165, 1.54) is 14.2 Å². The number of fused-ring (bicyclic) bond motifs is 1. The number of aromatic nitrogens is 2. The molecule has 0 aliphatic heterocycles. The molecule has 0 aliphatic rings. The number of carbonyl (C=O) groups excluding carboxylic acids is 2. The van der Waals surface area contributed by atoms with Crippen molar-refractivity contribution in [1.82, 2.24) is 15.1 Å². The lowest BCUT2D eigenvalue weighted by molar-refractivity contribution is -0.115. The fourth-order valence-corrected chi connectivity index (χ4v) is 3.75. The van der Waals surface area contributed by atoms with E-state index in [2.05, 4.69) is 22.7 Å². The molecule has 36 heavy (non-hydrogen) atoms. The zero-order chi connectivity index (χ0) is 25.7. The van der Waals surface area contributed by atoms with Gasteiger partial charge in [-0.3, -0.25) is 14.4 Å².